The van der Waals surface area contributed by atoms with Crippen LogP contribution in [0, 0.1) is 0 Å². The Morgan fingerprint density at radius 2 is 2.25 bits per heavy atom. The van der Waals surface area contributed by atoms with Gasteiger partial charge in [0.1, 0.15) is 0 Å². The summed E-state index contributed by atoms with van der Waals surface area (Å²) >= 11 is 0. The molecule has 20 heavy (non-hydrogen) atoms. The van der Waals surface area contributed by atoms with Crippen molar-refractivity contribution in [2.24, 2.45) is 0 Å². The zero-order chi connectivity index (χ0) is 14.4. The van der Waals surface area contributed by atoms with Crippen molar-refractivity contribution in [1.82, 2.24) is 9.55 Å². The van der Waals surface area contributed by atoms with Crippen LogP contribution in [0.3, 0.4) is 0 Å². The van der Waals surface area contributed by atoms with E-state index in [2.05, 4.69) is 4.98 Å². The lowest BCUT2D eigenvalue weighted by atomic mass is 10.2. The summed E-state index contributed by atoms with van der Waals surface area (Å²) in [6.45, 7) is 1.26. The van der Waals surface area contributed by atoms with E-state index in [-0.39, 0.29) is 5.56 Å². The lowest BCUT2D eigenvalue weighted by Crippen LogP contribution is -2.05. The summed E-state index contributed by atoms with van der Waals surface area (Å²) in [5.41, 5.74) is 0.176. The van der Waals surface area contributed by atoms with Crippen LogP contribution in [0.4, 0.5) is 0 Å². The van der Waals surface area contributed by atoms with Gasteiger partial charge in [0.25, 0.3) is 0 Å². The van der Waals surface area contributed by atoms with Crippen LogP contribution in [0.1, 0.15) is 16.8 Å². The highest BCUT2D eigenvalue weighted by atomic mass is 16.5. The molecule has 1 aromatic heterocycles. The lowest BCUT2D eigenvalue weighted by molar-refractivity contribution is 0.0696. The first-order valence-electron chi connectivity index (χ1n) is 6.20. The third-order valence-electron chi connectivity index (χ3n) is 2.79. The Balaban J connectivity index is 1.93. The maximum atomic E-state index is 10.9. The number of carbonyl (C=O) groups is 1. The van der Waals surface area contributed by atoms with Crippen LogP contribution in [0.25, 0.3) is 0 Å². The number of nitrogens with zero attached hydrogens (tertiary/aromatic N) is 2. The maximum absolute atomic E-state index is 10.9. The minimum absolute atomic E-state index is 0.176. The molecule has 0 aliphatic carbocycles. The predicted molar refractivity (Wildman–Crippen MR) is 72.3 cm³/mol. The number of aromatic nitrogens is 2. The first-order chi connectivity index (χ1) is 9.70. The molecule has 1 heterocycles. The molecule has 2 rings (SSSR count). The van der Waals surface area contributed by atoms with E-state index in [0.717, 1.165) is 13.0 Å². The van der Waals surface area contributed by atoms with Gasteiger partial charge in [-0.3, -0.25) is 0 Å². The van der Waals surface area contributed by atoms with Gasteiger partial charge in [0.05, 0.1) is 25.6 Å². The average Bonchev–Trinajstić information content (AvgIpc) is 2.96. The molecule has 0 aliphatic rings. The molecule has 1 N–H and O–H groups in total. The molecule has 0 saturated heterocycles. The molecule has 106 valence electrons. The summed E-state index contributed by atoms with van der Waals surface area (Å²) in [6, 6.07) is 4.55. The second-order valence-corrected chi connectivity index (χ2v) is 4.17. The average molecular weight is 276 g/mol. The number of carboxylic acids is 1. The monoisotopic (exact) mass is 276 g/mol. The number of rotatable bonds is 7. The van der Waals surface area contributed by atoms with Gasteiger partial charge in [-0.25, -0.2) is 9.78 Å². The fourth-order valence-electron chi connectivity index (χ4n) is 1.77. The topological polar surface area (TPSA) is 73.6 Å². The van der Waals surface area contributed by atoms with Crippen molar-refractivity contribution in [3.05, 3.63) is 42.5 Å². The number of carboxylic acid groups (broad SMARTS) is 1. The van der Waals surface area contributed by atoms with Gasteiger partial charge in [-0.15, -0.1) is 0 Å². The van der Waals surface area contributed by atoms with Crippen molar-refractivity contribution in [2.45, 2.75) is 13.0 Å². The van der Waals surface area contributed by atoms with Crippen LogP contribution in [0.15, 0.2) is 36.9 Å². The molecule has 0 fully saturated rings. The zero-order valence-electron chi connectivity index (χ0n) is 11.2. The Kier molecular flexibility index (Phi) is 4.60. The number of hydrogen-bond donors (Lipinski definition) is 1. The summed E-state index contributed by atoms with van der Waals surface area (Å²) in [6.07, 6.45) is 6.13. The van der Waals surface area contributed by atoms with E-state index < -0.39 is 5.97 Å². The molecule has 0 radical (unpaired) electrons. The van der Waals surface area contributed by atoms with E-state index >= 15 is 0 Å². The molecule has 0 aliphatic heterocycles. The minimum atomic E-state index is -0.990. The molecule has 0 bridgehead atoms. The van der Waals surface area contributed by atoms with Crippen molar-refractivity contribution in [2.75, 3.05) is 13.7 Å². The van der Waals surface area contributed by atoms with Gasteiger partial charge in [-0.1, -0.05) is 0 Å². The molecular formula is C14H16N2O4. The van der Waals surface area contributed by atoms with Crippen LogP contribution >= 0.6 is 0 Å². The zero-order valence-corrected chi connectivity index (χ0v) is 11.2. The second-order valence-electron chi connectivity index (χ2n) is 4.17. The van der Waals surface area contributed by atoms with Gasteiger partial charge in [0.15, 0.2) is 11.5 Å². The van der Waals surface area contributed by atoms with Crippen molar-refractivity contribution in [3.63, 3.8) is 0 Å². The van der Waals surface area contributed by atoms with Gasteiger partial charge in [0.2, 0.25) is 0 Å². The van der Waals surface area contributed by atoms with Crippen molar-refractivity contribution in [1.29, 1.82) is 0 Å². The third-order valence-corrected chi connectivity index (χ3v) is 2.79. The Morgan fingerprint density at radius 1 is 1.40 bits per heavy atom. The fourth-order valence-corrected chi connectivity index (χ4v) is 1.77. The molecule has 6 heteroatoms. The predicted octanol–water partition coefficient (Wildman–Crippen LogP) is 2.06. The van der Waals surface area contributed by atoms with Gasteiger partial charge < -0.3 is 19.1 Å². The number of ether oxygens (including phenoxy) is 2. The summed E-state index contributed by atoms with van der Waals surface area (Å²) in [4.78, 5) is 14.9. The molecule has 2 aromatic rings. The Bertz CT molecular complexity index is 567. The number of hydrogen-bond acceptors (Lipinski definition) is 4. The lowest BCUT2D eigenvalue weighted by Gasteiger charge is -2.11. The molecule has 1 aromatic carbocycles. The fraction of sp³-hybridized carbons (Fsp3) is 0.286. The van der Waals surface area contributed by atoms with E-state index in [1.165, 1.54) is 19.2 Å². The summed E-state index contributed by atoms with van der Waals surface area (Å²) in [5.74, 6) is -0.0217. The molecule has 0 saturated carbocycles. The summed E-state index contributed by atoms with van der Waals surface area (Å²) in [5, 5.41) is 8.96. The van der Waals surface area contributed by atoms with Crippen LogP contribution < -0.4 is 9.47 Å². The van der Waals surface area contributed by atoms with Crippen LogP contribution in [-0.4, -0.2) is 34.3 Å². The molecule has 0 amide bonds. The normalized spacial score (nSPS) is 10.2. The number of aryl methyl sites for hydroxylation is 1. The Hall–Kier alpha value is -2.50. The summed E-state index contributed by atoms with van der Waals surface area (Å²) < 4.78 is 12.7. The van der Waals surface area contributed by atoms with Crippen LogP contribution in [0.5, 0.6) is 11.5 Å². The summed E-state index contributed by atoms with van der Waals surface area (Å²) in [7, 11) is 1.52. The van der Waals surface area contributed by atoms with E-state index in [4.69, 9.17) is 14.6 Å². The molecule has 6 nitrogen and oxygen atoms in total. The van der Waals surface area contributed by atoms with E-state index in [1.54, 1.807) is 18.6 Å². The number of benzene rings is 1. The number of aromatic carboxylic acids is 1. The highest BCUT2D eigenvalue weighted by Crippen LogP contribution is 2.28. The quantitative estimate of drug-likeness (QED) is 0.783. The van der Waals surface area contributed by atoms with Gasteiger partial charge in [-0.2, -0.15) is 0 Å². The molecular weight excluding hydrogens is 260 g/mol. The number of methoxy groups -OCH3 is 1. The Labute approximate surface area is 116 Å². The van der Waals surface area contributed by atoms with Gasteiger partial charge in [-0.05, 0) is 24.6 Å². The minimum Gasteiger partial charge on any atom is -0.493 e. The maximum Gasteiger partial charge on any atom is 0.335 e. The van der Waals surface area contributed by atoms with Crippen molar-refractivity contribution >= 4 is 5.97 Å². The first-order valence-corrected chi connectivity index (χ1v) is 6.20. The van der Waals surface area contributed by atoms with Gasteiger partial charge in [0, 0.05) is 18.9 Å². The second kappa shape index (κ2) is 6.60. The molecule has 0 spiro atoms. The first kappa shape index (κ1) is 13.9. The van der Waals surface area contributed by atoms with E-state index in [1.807, 2.05) is 10.8 Å². The van der Waals surface area contributed by atoms with Crippen molar-refractivity contribution in [3.8, 4) is 11.5 Å². The third kappa shape index (κ3) is 3.50. The Morgan fingerprint density at radius 3 is 2.90 bits per heavy atom. The highest BCUT2D eigenvalue weighted by molar-refractivity contribution is 5.88. The highest BCUT2D eigenvalue weighted by Gasteiger charge is 2.09. The van der Waals surface area contributed by atoms with Crippen molar-refractivity contribution < 1.29 is 19.4 Å². The van der Waals surface area contributed by atoms with Crippen LogP contribution in [-0.2, 0) is 6.54 Å². The van der Waals surface area contributed by atoms with E-state index in [9.17, 15) is 4.79 Å². The van der Waals surface area contributed by atoms with E-state index in [0.29, 0.717) is 18.1 Å². The molecule has 0 unspecified atom stereocenters. The largest absolute Gasteiger partial charge is 0.493 e. The molecule has 0 atom stereocenters. The van der Waals surface area contributed by atoms with Gasteiger partial charge >= 0.3 is 5.97 Å². The standard InChI is InChI=1S/C14H16N2O4/c1-19-12-4-3-11(14(17)18)9-13(12)20-8-2-6-16-7-5-15-10-16/h3-5,7,9-10H,2,6,8H2,1H3,(H,17,18). The SMILES string of the molecule is COc1ccc(C(=O)O)cc1OCCCn1ccnc1. The van der Waals surface area contributed by atoms with Crippen LogP contribution in [0.2, 0.25) is 0 Å². The smallest absolute Gasteiger partial charge is 0.335 e. The number of imidazole rings is 1.